The van der Waals surface area contributed by atoms with Gasteiger partial charge >= 0.3 is 0 Å². The topological polar surface area (TPSA) is 241 Å². The molecule has 0 radical (unpaired) electrons. The highest BCUT2D eigenvalue weighted by Crippen LogP contribution is 2.32. The van der Waals surface area contributed by atoms with Gasteiger partial charge in [0.2, 0.25) is 0 Å². The zero-order valence-corrected chi connectivity index (χ0v) is 19.7. The molecule has 13 nitrogen and oxygen atoms in total. The van der Waals surface area contributed by atoms with Crippen LogP contribution in [0.15, 0.2) is 61.2 Å². The number of halogens is 1. The lowest BCUT2D eigenvalue weighted by Gasteiger charge is -2.05. The average molecular weight is 521 g/mol. The van der Waals surface area contributed by atoms with E-state index in [0.717, 1.165) is 22.9 Å². The molecule has 16 heteroatoms. The van der Waals surface area contributed by atoms with E-state index in [4.69, 9.17) is 11.6 Å². The standard InChI is InChI=1S/C17H15ClN4O7S2.2H3N/c1-9-6-15(31(27,28)29)14(8-13(9)18)19-20-16-10(2)21-22(17(16)23)11-4-3-5-12(7-11)30(24,25)26;;/h3-8,21H,1-2H3,(H,24,25,26)(H,27,28,29);2*1H3. The molecule has 1 aromatic heterocycles. The van der Waals surface area contributed by atoms with Crippen LogP contribution in [0.4, 0.5) is 11.4 Å². The lowest BCUT2D eigenvalue weighted by atomic mass is 10.2. The van der Waals surface area contributed by atoms with Crippen molar-refractivity contribution in [3.63, 3.8) is 0 Å². The molecule has 0 bridgehead atoms. The van der Waals surface area contributed by atoms with Gasteiger partial charge in [-0.15, -0.1) is 10.2 Å². The number of hydrogen-bond donors (Lipinski definition) is 5. The second kappa shape index (κ2) is 9.92. The molecule has 0 aliphatic heterocycles. The van der Waals surface area contributed by atoms with E-state index in [2.05, 4.69) is 15.3 Å². The molecule has 9 N–H and O–H groups in total. The van der Waals surface area contributed by atoms with Crippen LogP contribution in [0.1, 0.15) is 11.3 Å². The Kier molecular flexibility index (Phi) is 8.45. The number of nitrogens with zero attached hydrogens (tertiary/aromatic N) is 3. The number of azo groups is 1. The van der Waals surface area contributed by atoms with Gasteiger partial charge in [-0.05, 0) is 49.7 Å². The first-order valence-electron chi connectivity index (χ1n) is 8.38. The third-order valence-corrected chi connectivity index (χ3v) is 6.33. The summed E-state index contributed by atoms with van der Waals surface area (Å²) in [5.74, 6) is 0. The van der Waals surface area contributed by atoms with Crippen LogP contribution in [0.2, 0.25) is 5.02 Å². The van der Waals surface area contributed by atoms with Gasteiger partial charge in [0, 0.05) is 5.02 Å². The zero-order valence-electron chi connectivity index (χ0n) is 17.4. The van der Waals surface area contributed by atoms with Crippen molar-refractivity contribution in [2.75, 3.05) is 0 Å². The van der Waals surface area contributed by atoms with Crippen molar-refractivity contribution in [2.24, 2.45) is 10.2 Å². The highest BCUT2D eigenvalue weighted by atomic mass is 35.5. The maximum absolute atomic E-state index is 12.7. The van der Waals surface area contributed by atoms with Crippen molar-refractivity contribution >= 4 is 43.2 Å². The Bertz CT molecular complexity index is 1490. The van der Waals surface area contributed by atoms with E-state index < -0.39 is 35.6 Å². The quantitative estimate of drug-likeness (QED) is 0.243. The second-order valence-corrected chi connectivity index (χ2v) is 9.66. The molecule has 1 heterocycles. The van der Waals surface area contributed by atoms with Crippen LogP contribution < -0.4 is 17.9 Å². The minimum Gasteiger partial charge on any atom is -0.344 e. The minimum absolute atomic E-state index is 0. The molecule has 0 amide bonds. The Morgan fingerprint density at radius 1 is 0.970 bits per heavy atom. The van der Waals surface area contributed by atoms with Gasteiger partial charge in [0.25, 0.3) is 25.8 Å². The van der Waals surface area contributed by atoms with E-state index in [1.165, 1.54) is 32.0 Å². The van der Waals surface area contributed by atoms with Crippen LogP contribution in [0, 0.1) is 13.8 Å². The number of H-pyrrole nitrogens is 1. The summed E-state index contributed by atoms with van der Waals surface area (Å²) in [6.07, 6.45) is 0. The first kappa shape index (κ1) is 28.1. The van der Waals surface area contributed by atoms with Crippen molar-refractivity contribution in [3.05, 3.63) is 63.0 Å². The predicted molar refractivity (Wildman–Crippen MR) is 121 cm³/mol. The van der Waals surface area contributed by atoms with E-state index in [-0.39, 0.29) is 40.1 Å². The molecule has 3 aromatic rings. The largest absolute Gasteiger partial charge is 0.344 e. The Morgan fingerprint density at radius 2 is 1.61 bits per heavy atom. The average Bonchev–Trinajstić information content (AvgIpc) is 2.95. The van der Waals surface area contributed by atoms with Gasteiger partial charge in [0.05, 0.1) is 16.3 Å². The first-order chi connectivity index (χ1) is 14.3. The van der Waals surface area contributed by atoms with Crippen molar-refractivity contribution in [2.45, 2.75) is 23.6 Å². The molecule has 0 saturated heterocycles. The van der Waals surface area contributed by atoms with Gasteiger partial charge in [-0.2, -0.15) is 16.8 Å². The fourth-order valence-electron chi connectivity index (χ4n) is 2.65. The maximum atomic E-state index is 12.7. The van der Waals surface area contributed by atoms with E-state index in [9.17, 15) is 30.7 Å². The minimum atomic E-state index is -4.64. The Balaban J connectivity index is 0.00000272. The van der Waals surface area contributed by atoms with Crippen LogP contribution >= 0.6 is 11.6 Å². The van der Waals surface area contributed by atoms with E-state index in [0.29, 0.717) is 5.56 Å². The molecule has 3 rings (SSSR count). The smallest absolute Gasteiger partial charge is 0.299 e. The lowest BCUT2D eigenvalue weighted by molar-refractivity contribution is 0.481. The number of rotatable bonds is 5. The molecule has 0 atom stereocenters. The molecular weight excluding hydrogens is 500 g/mol. The van der Waals surface area contributed by atoms with Crippen LogP contribution in [-0.4, -0.2) is 35.7 Å². The molecule has 0 unspecified atom stereocenters. The number of nitrogens with one attached hydrogen (secondary N) is 1. The lowest BCUT2D eigenvalue weighted by Crippen LogP contribution is -2.14. The molecule has 0 aliphatic carbocycles. The van der Waals surface area contributed by atoms with Gasteiger partial charge in [-0.1, -0.05) is 17.7 Å². The first-order valence-corrected chi connectivity index (χ1v) is 11.6. The molecule has 0 saturated carbocycles. The summed E-state index contributed by atoms with van der Waals surface area (Å²) in [4.78, 5) is 11.8. The molecule has 0 spiro atoms. The Morgan fingerprint density at radius 3 is 2.18 bits per heavy atom. The summed E-state index contributed by atoms with van der Waals surface area (Å²) in [5, 5.41) is 10.4. The Hall–Kier alpha value is -2.92. The van der Waals surface area contributed by atoms with Crippen LogP contribution in [0.25, 0.3) is 5.69 Å². The summed E-state index contributed by atoms with van der Waals surface area (Å²) in [7, 11) is -9.12. The van der Waals surface area contributed by atoms with Crippen molar-refractivity contribution < 1.29 is 25.9 Å². The van der Waals surface area contributed by atoms with E-state index in [1.54, 1.807) is 0 Å². The van der Waals surface area contributed by atoms with Gasteiger partial charge in [-0.3, -0.25) is 19.0 Å². The van der Waals surface area contributed by atoms with Crippen LogP contribution in [0.3, 0.4) is 0 Å². The molecule has 2 aromatic carbocycles. The zero-order chi connectivity index (χ0) is 23.1. The third kappa shape index (κ3) is 5.91. The normalized spacial score (nSPS) is 11.8. The highest BCUT2D eigenvalue weighted by molar-refractivity contribution is 7.86. The number of aromatic amines is 1. The highest BCUT2D eigenvalue weighted by Gasteiger charge is 2.19. The molecule has 0 aliphatic rings. The summed E-state index contributed by atoms with van der Waals surface area (Å²) in [5.41, 5.74) is -0.486. The number of benzene rings is 2. The number of hydrogen-bond acceptors (Lipinski definition) is 9. The fraction of sp³-hybridized carbons (Fsp3) is 0.118. The summed E-state index contributed by atoms with van der Waals surface area (Å²) in [6, 6.07) is 7.27. The SMILES string of the molecule is Cc1cc(S(=O)(=O)O)c(N=Nc2c(C)[nH]n(-c3cccc(S(=O)(=O)O)c3)c2=O)cc1Cl.N.N. The third-order valence-electron chi connectivity index (χ3n) is 4.19. The summed E-state index contributed by atoms with van der Waals surface area (Å²) < 4.78 is 65.5. The van der Waals surface area contributed by atoms with Crippen LogP contribution in [-0.2, 0) is 20.2 Å². The maximum Gasteiger partial charge on any atom is 0.299 e. The van der Waals surface area contributed by atoms with E-state index >= 15 is 0 Å². The molecular formula is C17H21ClN6O7S2. The monoisotopic (exact) mass is 520 g/mol. The van der Waals surface area contributed by atoms with Crippen LogP contribution in [0.5, 0.6) is 0 Å². The molecule has 180 valence electrons. The summed E-state index contributed by atoms with van der Waals surface area (Å²) in [6.45, 7) is 3.03. The fourth-order valence-corrected chi connectivity index (χ4v) is 4.02. The Labute approximate surface area is 193 Å². The number of aromatic nitrogens is 2. The predicted octanol–water partition coefficient (Wildman–Crippen LogP) is 3.67. The van der Waals surface area contributed by atoms with Gasteiger partial charge in [0.1, 0.15) is 10.6 Å². The van der Waals surface area contributed by atoms with Crippen molar-refractivity contribution in [1.82, 2.24) is 22.1 Å². The van der Waals surface area contributed by atoms with E-state index in [1.807, 2.05) is 0 Å². The second-order valence-electron chi connectivity index (χ2n) is 6.44. The summed E-state index contributed by atoms with van der Waals surface area (Å²) >= 11 is 6.00. The number of aryl methyl sites for hydroxylation is 2. The van der Waals surface area contributed by atoms with Crippen molar-refractivity contribution in [1.29, 1.82) is 0 Å². The van der Waals surface area contributed by atoms with Gasteiger partial charge in [0.15, 0.2) is 5.69 Å². The van der Waals surface area contributed by atoms with Gasteiger partial charge < -0.3 is 12.3 Å². The van der Waals surface area contributed by atoms with Crippen molar-refractivity contribution in [3.8, 4) is 5.69 Å². The van der Waals surface area contributed by atoms with Gasteiger partial charge in [-0.25, -0.2) is 4.68 Å². The molecule has 33 heavy (non-hydrogen) atoms. The molecule has 0 fully saturated rings.